The highest BCUT2D eigenvalue weighted by atomic mass is 32.2. The monoisotopic (exact) mass is 366 g/mol. The minimum absolute atomic E-state index is 0.117. The zero-order valence-corrected chi connectivity index (χ0v) is 15.5. The Morgan fingerprint density at radius 2 is 1.88 bits per heavy atom. The van der Waals surface area contributed by atoms with Crippen LogP contribution in [0, 0.1) is 5.92 Å². The summed E-state index contributed by atoms with van der Waals surface area (Å²) in [4.78, 5) is 12.0. The second-order valence-corrected chi connectivity index (χ2v) is 8.52. The van der Waals surface area contributed by atoms with Crippen LogP contribution in [-0.4, -0.2) is 49.2 Å². The molecule has 0 radical (unpaired) electrons. The van der Waals surface area contributed by atoms with Crippen LogP contribution in [0.2, 0.25) is 0 Å². The molecule has 3 rings (SSSR count). The molecule has 2 heterocycles. The summed E-state index contributed by atoms with van der Waals surface area (Å²) in [5.74, 6) is -0.648. The number of esters is 1. The van der Waals surface area contributed by atoms with Crippen LogP contribution >= 0.6 is 0 Å². The van der Waals surface area contributed by atoms with Gasteiger partial charge in [0.2, 0.25) is 0 Å². The maximum absolute atomic E-state index is 13.2. The summed E-state index contributed by atoms with van der Waals surface area (Å²) in [5, 5.41) is 0. The fraction of sp³-hybridized carbons (Fsp3) is 0.611. The molecule has 0 N–H and O–H groups in total. The molecule has 2 atom stereocenters. The predicted molar refractivity (Wildman–Crippen MR) is 95.0 cm³/mol. The highest BCUT2D eigenvalue weighted by Crippen LogP contribution is 2.36. The van der Waals surface area contributed by atoms with Gasteiger partial charge in [0.25, 0.3) is 10.2 Å². The van der Waals surface area contributed by atoms with E-state index in [4.69, 9.17) is 4.74 Å². The number of piperidine rings is 1. The van der Waals surface area contributed by atoms with Gasteiger partial charge in [-0.25, -0.2) is 0 Å². The van der Waals surface area contributed by atoms with E-state index in [1.165, 1.54) is 4.31 Å². The lowest BCUT2D eigenvalue weighted by Crippen LogP contribution is -2.49. The van der Waals surface area contributed by atoms with Crippen molar-refractivity contribution in [2.24, 2.45) is 5.92 Å². The lowest BCUT2D eigenvalue weighted by molar-refractivity contribution is -0.149. The molecule has 1 aromatic carbocycles. The molecule has 2 aliphatic heterocycles. The number of carbonyl (C=O) groups is 1. The third-order valence-corrected chi connectivity index (χ3v) is 7.03. The first-order valence-corrected chi connectivity index (χ1v) is 10.4. The van der Waals surface area contributed by atoms with Gasteiger partial charge in [-0.1, -0.05) is 30.3 Å². The fourth-order valence-corrected chi connectivity index (χ4v) is 5.71. The van der Waals surface area contributed by atoms with Gasteiger partial charge in [-0.05, 0) is 38.2 Å². The van der Waals surface area contributed by atoms with Gasteiger partial charge in [0.15, 0.2) is 0 Å². The molecule has 0 bridgehead atoms. The largest absolute Gasteiger partial charge is 0.466 e. The van der Waals surface area contributed by atoms with Gasteiger partial charge in [-0.2, -0.15) is 17.0 Å². The van der Waals surface area contributed by atoms with Gasteiger partial charge in [0.05, 0.1) is 18.6 Å². The van der Waals surface area contributed by atoms with E-state index in [9.17, 15) is 13.2 Å². The fourth-order valence-electron chi connectivity index (χ4n) is 3.78. The topological polar surface area (TPSA) is 66.9 Å². The van der Waals surface area contributed by atoms with Gasteiger partial charge in [0, 0.05) is 19.6 Å². The molecule has 0 aromatic heterocycles. The van der Waals surface area contributed by atoms with Crippen molar-refractivity contribution >= 4 is 16.2 Å². The summed E-state index contributed by atoms with van der Waals surface area (Å²) >= 11 is 0. The molecular formula is C18H26N2O4S. The van der Waals surface area contributed by atoms with Gasteiger partial charge in [-0.3, -0.25) is 4.79 Å². The van der Waals surface area contributed by atoms with Crippen molar-refractivity contribution in [1.29, 1.82) is 0 Å². The Bertz CT molecular complexity index is 692. The van der Waals surface area contributed by atoms with Crippen LogP contribution in [0.25, 0.3) is 0 Å². The number of rotatable bonds is 5. The zero-order chi connectivity index (χ0) is 17.9. The van der Waals surface area contributed by atoms with Crippen LogP contribution in [-0.2, 0) is 19.7 Å². The molecule has 0 unspecified atom stereocenters. The van der Waals surface area contributed by atoms with Gasteiger partial charge >= 0.3 is 5.97 Å². The molecule has 25 heavy (non-hydrogen) atoms. The Balaban J connectivity index is 1.77. The van der Waals surface area contributed by atoms with Crippen LogP contribution in [0.1, 0.15) is 44.2 Å². The average Bonchev–Trinajstić information content (AvgIpc) is 3.13. The van der Waals surface area contributed by atoms with E-state index < -0.39 is 10.2 Å². The third-order valence-electron chi connectivity index (χ3n) is 5.01. The number of ether oxygens (including phenoxy) is 1. The number of hydrogen-bond acceptors (Lipinski definition) is 4. The molecule has 7 heteroatoms. The second-order valence-electron chi connectivity index (χ2n) is 6.64. The Kier molecular flexibility index (Phi) is 5.76. The molecule has 138 valence electrons. The minimum Gasteiger partial charge on any atom is -0.466 e. The summed E-state index contributed by atoms with van der Waals surface area (Å²) in [6.45, 7) is 3.31. The Hall–Kier alpha value is -1.44. The molecule has 2 aliphatic rings. The van der Waals surface area contributed by atoms with E-state index in [0.29, 0.717) is 32.5 Å². The summed E-state index contributed by atoms with van der Waals surface area (Å²) in [5.41, 5.74) is 1.03. The molecule has 2 saturated heterocycles. The molecule has 1 aromatic rings. The maximum Gasteiger partial charge on any atom is 0.310 e. The SMILES string of the molecule is CCOC(=O)[C@H]1CCCN(S(=O)(=O)N2CCC[C@H]2c2ccccc2)C1. The second kappa shape index (κ2) is 7.85. The lowest BCUT2D eigenvalue weighted by atomic mass is 10.0. The molecule has 6 nitrogen and oxygen atoms in total. The first kappa shape index (κ1) is 18.4. The standard InChI is InChI=1S/C18H26N2O4S/c1-2-24-18(21)16-10-6-12-19(14-16)25(22,23)20-13-7-11-17(20)15-8-4-3-5-9-15/h3-5,8-9,16-17H,2,6-7,10-14H2,1H3/t16-,17-/m0/s1. The first-order chi connectivity index (χ1) is 12.0. The number of nitrogens with zero attached hydrogens (tertiary/aromatic N) is 2. The number of hydrogen-bond donors (Lipinski definition) is 0. The van der Waals surface area contributed by atoms with Crippen molar-refractivity contribution in [3.8, 4) is 0 Å². The van der Waals surface area contributed by atoms with Crippen LogP contribution in [0.15, 0.2) is 30.3 Å². The average molecular weight is 366 g/mol. The molecule has 0 spiro atoms. The van der Waals surface area contributed by atoms with Crippen molar-refractivity contribution in [3.63, 3.8) is 0 Å². The molecule has 2 fully saturated rings. The van der Waals surface area contributed by atoms with E-state index in [-0.39, 0.29) is 24.5 Å². The normalized spacial score (nSPS) is 25.8. The number of benzene rings is 1. The van der Waals surface area contributed by atoms with E-state index in [1.54, 1.807) is 11.2 Å². The summed E-state index contributed by atoms with van der Waals surface area (Å²) in [6, 6.07) is 9.67. The quantitative estimate of drug-likeness (QED) is 0.750. The Morgan fingerprint density at radius 1 is 1.16 bits per heavy atom. The van der Waals surface area contributed by atoms with Gasteiger partial charge < -0.3 is 4.74 Å². The highest BCUT2D eigenvalue weighted by molar-refractivity contribution is 7.86. The summed E-state index contributed by atoms with van der Waals surface area (Å²) in [7, 11) is -3.58. The highest BCUT2D eigenvalue weighted by Gasteiger charge is 2.41. The van der Waals surface area contributed by atoms with Crippen LogP contribution < -0.4 is 0 Å². The van der Waals surface area contributed by atoms with Crippen molar-refractivity contribution < 1.29 is 17.9 Å². The maximum atomic E-state index is 13.2. The Labute approximate surface area is 149 Å². The van der Waals surface area contributed by atoms with Crippen LogP contribution in [0.3, 0.4) is 0 Å². The number of carbonyl (C=O) groups excluding carboxylic acids is 1. The van der Waals surface area contributed by atoms with Crippen molar-refractivity contribution in [1.82, 2.24) is 8.61 Å². The summed E-state index contributed by atoms with van der Waals surface area (Å²) in [6.07, 6.45) is 3.06. The van der Waals surface area contributed by atoms with Crippen molar-refractivity contribution in [3.05, 3.63) is 35.9 Å². The smallest absolute Gasteiger partial charge is 0.310 e. The van der Waals surface area contributed by atoms with Crippen molar-refractivity contribution in [2.75, 3.05) is 26.2 Å². The van der Waals surface area contributed by atoms with Crippen molar-refractivity contribution in [2.45, 2.75) is 38.6 Å². The van der Waals surface area contributed by atoms with Gasteiger partial charge in [0.1, 0.15) is 0 Å². The van der Waals surface area contributed by atoms with Crippen LogP contribution in [0.4, 0.5) is 0 Å². The summed E-state index contributed by atoms with van der Waals surface area (Å²) < 4.78 is 34.6. The minimum atomic E-state index is -3.58. The van der Waals surface area contributed by atoms with E-state index in [2.05, 4.69) is 0 Å². The molecular weight excluding hydrogens is 340 g/mol. The van der Waals surface area contributed by atoms with Gasteiger partial charge in [-0.15, -0.1) is 0 Å². The van der Waals surface area contributed by atoms with E-state index in [1.807, 2.05) is 30.3 Å². The predicted octanol–water partition coefficient (Wildman–Crippen LogP) is 2.34. The molecule has 0 saturated carbocycles. The van der Waals surface area contributed by atoms with E-state index in [0.717, 1.165) is 18.4 Å². The Morgan fingerprint density at radius 3 is 2.60 bits per heavy atom. The zero-order valence-electron chi connectivity index (χ0n) is 14.6. The van der Waals surface area contributed by atoms with Crippen LogP contribution in [0.5, 0.6) is 0 Å². The molecule has 0 aliphatic carbocycles. The van der Waals surface area contributed by atoms with E-state index >= 15 is 0 Å². The lowest BCUT2D eigenvalue weighted by Gasteiger charge is -2.35. The first-order valence-electron chi connectivity index (χ1n) is 9.02. The third kappa shape index (κ3) is 3.88. The molecule has 0 amide bonds.